The van der Waals surface area contributed by atoms with Crippen molar-refractivity contribution in [2.45, 2.75) is 80.6 Å². The van der Waals surface area contributed by atoms with E-state index in [1.54, 1.807) is 6.08 Å². The third kappa shape index (κ3) is 8.98. The molecule has 1 aromatic rings. The van der Waals surface area contributed by atoms with Crippen molar-refractivity contribution in [2.75, 3.05) is 0 Å². The summed E-state index contributed by atoms with van der Waals surface area (Å²) in [6.45, 7) is 27.4. The third-order valence-electron chi connectivity index (χ3n) is 6.67. The van der Waals surface area contributed by atoms with Gasteiger partial charge in [0.2, 0.25) is 0 Å². The molecule has 0 spiro atoms. The van der Waals surface area contributed by atoms with Gasteiger partial charge < -0.3 is 0 Å². The highest BCUT2D eigenvalue weighted by atomic mass is 14.4. The molecule has 2 rings (SSSR count). The van der Waals surface area contributed by atoms with Crippen LogP contribution in [0.2, 0.25) is 0 Å². The molecule has 0 heterocycles. The second kappa shape index (κ2) is 14.0. The first kappa shape index (κ1) is 29.4. The van der Waals surface area contributed by atoms with Crippen LogP contribution in [0, 0.1) is 10.8 Å². The lowest BCUT2D eigenvalue weighted by atomic mass is 9.62. The first-order chi connectivity index (χ1) is 16.0. The van der Waals surface area contributed by atoms with Gasteiger partial charge in [0, 0.05) is 0 Å². The molecule has 1 aliphatic carbocycles. The molecule has 1 aliphatic rings. The van der Waals surface area contributed by atoms with Crippen LogP contribution in [0.5, 0.6) is 0 Å². The van der Waals surface area contributed by atoms with Crippen LogP contribution in [-0.2, 0) is 0 Å². The van der Waals surface area contributed by atoms with Gasteiger partial charge >= 0.3 is 0 Å². The number of allylic oxidation sites excluding steroid dienone is 10. The molecule has 0 N–H and O–H groups in total. The Bertz CT molecular complexity index is 936. The lowest BCUT2D eigenvalue weighted by Gasteiger charge is -2.42. The van der Waals surface area contributed by atoms with Crippen molar-refractivity contribution in [3.63, 3.8) is 0 Å². The molecule has 0 amide bonds. The molecule has 0 aliphatic heterocycles. The van der Waals surface area contributed by atoms with Gasteiger partial charge in [0.05, 0.1) is 0 Å². The summed E-state index contributed by atoms with van der Waals surface area (Å²) in [6.07, 6.45) is 20.5. The summed E-state index contributed by atoms with van der Waals surface area (Å²) >= 11 is 0. The minimum Gasteiger partial charge on any atom is -0.0991 e. The van der Waals surface area contributed by atoms with Crippen LogP contribution in [0.4, 0.5) is 0 Å². The minimum absolute atomic E-state index is 0.208. The van der Waals surface area contributed by atoms with Crippen LogP contribution in [0.15, 0.2) is 97.2 Å². The molecule has 1 aromatic carbocycles. The van der Waals surface area contributed by atoms with Crippen molar-refractivity contribution >= 4 is 11.6 Å². The van der Waals surface area contributed by atoms with Gasteiger partial charge in [-0.2, -0.15) is 0 Å². The Morgan fingerprint density at radius 1 is 0.971 bits per heavy atom. The maximum atomic E-state index is 4.16. The number of hydrogen-bond donors (Lipinski definition) is 0. The Kier molecular flexibility index (Phi) is 12.1. The van der Waals surface area contributed by atoms with Gasteiger partial charge in [0.25, 0.3) is 0 Å². The van der Waals surface area contributed by atoms with Crippen LogP contribution < -0.4 is 0 Å². The average molecular weight is 457 g/mol. The predicted molar refractivity (Wildman–Crippen MR) is 157 cm³/mol. The van der Waals surface area contributed by atoms with E-state index in [0.717, 1.165) is 18.4 Å². The Morgan fingerprint density at radius 2 is 1.56 bits per heavy atom. The van der Waals surface area contributed by atoms with Crippen molar-refractivity contribution in [1.29, 1.82) is 0 Å². The van der Waals surface area contributed by atoms with Crippen LogP contribution in [-0.4, -0.2) is 0 Å². The topological polar surface area (TPSA) is 0 Å². The standard InChI is InChI=1S/C29H40.C5H8/c1-9-12-24(14-11-13-23-15-17-25(18-16-23)22(3)4)21-27-26(10-2)28(5,6)19-20-29(27,7)8;1-3-5-4-2/h10-11,13,15-18,21H,2-3,9,12,14,19-20H2,1,4-8H3;3-5H,1H2,2H3/b13-11+,24-21-;5-4-. The van der Waals surface area contributed by atoms with E-state index in [1.807, 2.05) is 26.0 Å². The van der Waals surface area contributed by atoms with Crippen LogP contribution >= 0.6 is 0 Å². The second-order valence-corrected chi connectivity index (χ2v) is 10.6. The van der Waals surface area contributed by atoms with Crippen LogP contribution in [0.25, 0.3) is 11.6 Å². The fraction of sp³-hybridized carbons (Fsp3) is 0.412. The fourth-order valence-corrected chi connectivity index (χ4v) is 4.40. The van der Waals surface area contributed by atoms with Gasteiger partial charge in [-0.1, -0.05) is 139 Å². The van der Waals surface area contributed by atoms with Crippen molar-refractivity contribution in [2.24, 2.45) is 10.8 Å². The first-order valence-corrected chi connectivity index (χ1v) is 12.8. The zero-order valence-electron chi connectivity index (χ0n) is 23.0. The third-order valence-corrected chi connectivity index (χ3v) is 6.67. The SMILES string of the molecule is C=C/C=C\C.C=CC1=C(/C=C(\C/C=C/c2ccc(C(=C)C)cc2)CCC)C(C)(C)CCC1(C)C. The van der Waals surface area contributed by atoms with E-state index in [-0.39, 0.29) is 10.8 Å². The molecule has 0 saturated carbocycles. The van der Waals surface area contributed by atoms with E-state index in [1.165, 1.54) is 47.1 Å². The number of hydrogen-bond acceptors (Lipinski definition) is 0. The summed E-state index contributed by atoms with van der Waals surface area (Å²) in [5.74, 6) is 0. The Balaban J connectivity index is 0.00000104. The molecule has 0 heteroatoms. The smallest absolute Gasteiger partial charge is 0.0100 e. The maximum Gasteiger partial charge on any atom is -0.0100 e. The molecule has 0 atom stereocenters. The van der Waals surface area contributed by atoms with Crippen LogP contribution in [0.3, 0.4) is 0 Å². The van der Waals surface area contributed by atoms with E-state index in [4.69, 9.17) is 0 Å². The first-order valence-electron chi connectivity index (χ1n) is 12.8. The molecule has 0 fully saturated rings. The highest BCUT2D eigenvalue weighted by Crippen LogP contribution is 2.50. The lowest BCUT2D eigenvalue weighted by molar-refractivity contribution is 0.273. The van der Waals surface area contributed by atoms with Gasteiger partial charge in [0.15, 0.2) is 0 Å². The Morgan fingerprint density at radius 3 is 2.00 bits per heavy atom. The molecular weight excluding hydrogens is 408 g/mol. The molecular formula is C34H48. The largest absolute Gasteiger partial charge is 0.0991 e. The molecule has 0 unspecified atom stereocenters. The predicted octanol–water partition coefficient (Wildman–Crippen LogP) is 10.9. The number of benzene rings is 1. The Labute approximate surface area is 211 Å². The molecule has 34 heavy (non-hydrogen) atoms. The second-order valence-electron chi connectivity index (χ2n) is 10.6. The fourth-order valence-electron chi connectivity index (χ4n) is 4.40. The zero-order valence-corrected chi connectivity index (χ0v) is 23.0. The maximum absolute atomic E-state index is 4.16. The highest BCUT2D eigenvalue weighted by Gasteiger charge is 2.36. The summed E-state index contributed by atoms with van der Waals surface area (Å²) < 4.78 is 0. The van der Waals surface area contributed by atoms with E-state index in [0.29, 0.717) is 0 Å². The van der Waals surface area contributed by atoms with E-state index in [2.05, 4.69) is 103 Å². The molecule has 0 saturated heterocycles. The van der Waals surface area contributed by atoms with E-state index in [9.17, 15) is 0 Å². The molecule has 0 radical (unpaired) electrons. The van der Waals surface area contributed by atoms with E-state index < -0.39 is 0 Å². The van der Waals surface area contributed by atoms with Gasteiger partial charge in [-0.15, -0.1) is 0 Å². The van der Waals surface area contributed by atoms with Crippen LogP contribution in [0.1, 0.15) is 91.7 Å². The van der Waals surface area contributed by atoms with Crippen molar-refractivity contribution < 1.29 is 0 Å². The normalized spacial score (nSPS) is 17.4. The number of rotatable bonds is 9. The Hall–Kier alpha value is -2.60. The zero-order chi connectivity index (χ0) is 25.8. The average Bonchev–Trinajstić information content (AvgIpc) is 2.78. The monoisotopic (exact) mass is 456 g/mol. The summed E-state index contributed by atoms with van der Waals surface area (Å²) in [5.41, 5.74) is 8.42. The van der Waals surface area contributed by atoms with Gasteiger partial charge in [0.1, 0.15) is 0 Å². The van der Waals surface area contributed by atoms with Gasteiger partial charge in [-0.25, -0.2) is 0 Å². The lowest BCUT2D eigenvalue weighted by Crippen LogP contribution is -2.29. The molecule has 0 aromatic heterocycles. The summed E-state index contributed by atoms with van der Waals surface area (Å²) in [6, 6.07) is 8.65. The summed E-state index contributed by atoms with van der Waals surface area (Å²) in [7, 11) is 0. The van der Waals surface area contributed by atoms with Gasteiger partial charge in [-0.05, 0) is 72.6 Å². The molecule has 0 bridgehead atoms. The molecule has 0 nitrogen and oxygen atoms in total. The van der Waals surface area contributed by atoms with Crippen molar-refractivity contribution in [3.05, 3.63) is 108 Å². The van der Waals surface area contributed by atoms with E-state index >= 15 is 0 Å². The highest BCUT2D eigenvalue weighted by molar-refractivity contribution is 5.63. The molecule has 184 valence electrons. The van der Waals surface area contributed by atoms with Crippen molar-refractivity contribution in [1.82, 2.24) is 0 Å². The minimum atomic E-state index is 0.208. The summed E-state index contributed by atoms with van der Waals surface area (Å²) in [5, 5.41) is 0. The summed E-state index contributed by atoms with van der Waals surface area (Å²) in [4.78, 5) is 0. The van der Waals surface area contributed by atoms with Gasteiger partial charge in [-0.3, -0.25) is 0 Å². The quantitative estimate of drug-likeness (QED) is 0.324. The van der Waals surface area contributed by atoms with Crippen molar-refractivity contribution in [3.8, 4) is 0 Å².